The van der Waals surface area contributed by atoms with Crippen LogP contribution < -0.4 is 4.74 Å². The number of aliphatic hydroxyl groups is 2. The van der Waals surface area contributed by atoms with Gasteiger partial charge in [0.25, 0.3) is 0 Å². The number of ketones is 1. The summed E-state index contributed by atoms with van der Waals surface area (Å²) >= 11 is 0. The van der Waals surface area contributed by atoms with E-state index in [1.54, 1.807) is 6.08 Å². The van der Waals surface area contributed by atoms with Crippen LogP contribution in [0.3, 0.4) is 0 Å². The second kappa shape index (κ2) is 7.13. The molecule has 32 heavy (non-hydrogen) atoms. The molecule has 8 atom stereocenters. The monoisotopic (exact) mass is 438 g/mol. The molecule has 4 aliphatic carbocycles. The number of para-hydroxylation sites is 1. The molecule has 1 aromatic rings. The molecule has 0 aromatic heterocycles. The number of rotatable bonds is 3. The highest BCUT2D eigenvalue weighted by atomic mass is 19.1. The van der Waals surface area contributed by atoms with Crippen molar-refractivity contribution in [3.63, 3.8) is 0 Å². The molecule has 0 aliphatic heterocycles. The number of benzene rings is 1. The van der Waals surface area contributed by atoms with Crippen LogP contribution >= 0.6 is 0 Å². The van der Waals surface area contributed by atoms with Gasteiger partial charge in [0, 0.05) is 16.7 Å². The van der Waals surface area contributed by atoms with Crippen molar-refractivity contribution < 1.29 is 24.1 Å². The molecule has 0 saturated heterocycles. The number of hydrogen-bond acceptors (Lipinski definition) is 4. The third-order valence-electron chi connectivity index (χ3n) is 9.07. The van der Waals surface area contributed by atoms with E-state index in [0.717, 1.165) is 0 Å². The molecule has 0 spiro atoms. The lowest BCUT2D eigenvalue weighted by atomic mass is 9.46. The van der Waals surface area contributed by atoms with E-state index in [1.807, 2.05) is 44.2 Å². The van der Waals surface area contributed by atoms with E-state index < -0.39 is 28.7 Å². The zero-order valence-corrected chi connectivity index (χ0v) is 18.6. The summed E-state index contributed by atoms with van der Waals surface area (Å²) in [5, 5.41) is 23.3. The Hall–Kier alpha value is -2.24. The van der Waals surface area contributed by atoms with Crippen molar-refractivity contribution in [3.8, 4) is 5.75 Å². The van der Waals surface area contributed by atoms with Crippen LogP contribution in [0.15, 0.2) is 66.5 Å². The Kier molecular flexibility index (Phi) is 4.81. The highest BCUT2D eigenvalue weighted by Crippen LogP contribution is 2.68. The molecule has 1 aromatic carbocycles. The first-order chi connectivity index (χ1) is 15.1. The van der Waals surface area contributed by atoms with E-state index in [2.05, 4.69) is 6.58 Å². The van der Waals surface area contributed by atoms with E-state index in [9.17, 15) is 15.0 Å². The highest BCUT2D eigenvalue weighted by Gasteiger charge is 2.68. The van der Waals surface area contributed by atoms with Crippen LogP contribution in [0.4, 0.5) is 4.39 Å². The van der Waals surface area contributed by atoms with Crippen molar-refractivity contribution in [1.82, 2.24) is 0 Å². The third kappa shape index (κ3) is 2.83. The largest absolute Gasteiger partial charge is 0.459 e. The lowest BCUT2D eigenvalue weighted by molar-refractivity contribution is -0.163. The summed E-state index contributed by atoms with van der Waals surface area (Å²) in [4.78, 5) is 11.9. The predicted octanol–water partition coefficient (Wildman–Crippen LogP) is 4.54. The average Bonchev–Trinajstić information content (AvgIpc) is 3.01. The SMILES string of the molecule is C=C(Oc1ccccc1)[C@@]1(O)CC[C@H]2[C@@H]3CC(F)C4=CC(=O)C=C[C@]4(C)[C@H]3C(O)C[C@@]21C. The lowest BCUT2D eigenvalue weighted by Crippen LogP contribution is -2.61. The van der Waals surface area contributed by atoms with Gasteiger partial charge in [0.05, 0.1) is 6.10 Å². The van der Waals surface area contributed by atoms with Crippen LogP contribution in [0.1, 0.15) is 39.5 Å². The zero-order valence-electron chi connectivity index (χ0n) is 18.6. The van der Waals surface area contributed by atoms with Gasteiger partial charge in [-0.1, -0.05) is 44.7 Å². The van der Waals surface area contributed by atoms with Gasteiger partial charge in [-0.25, -0.2) is 4.39 Å². The second-order valence-corrected chi connectivity index (χ2v) is 10.5. The molecule has 2 unspecified atom stereocenters. The van der Waals surface area contributed by atoms with Gasteiger partial charge in [-0.05, 0) is 67.4 Å². The Morgan fingerprint density at radius 1 is 1.25 bits per heavy atom. The van der Waals surface area contributed by atoms with Gasteiger partial charge in [0.15, 0.2) is 5.78 Å². The summed E-state index contributed by atoms with van der Waals surface area (Å²) in [5.41, 5.74) is -2.22. The summed E-state index contributed by atoms with van der Waals surface area (Å²) in [6.07, 6.45) is 4.53. The molecule has 4 aliphatic rings. The van der Waals surface area contributed by atoms with Gasteiger partial charge in [-0.2, -0.15) is 0 Å². The van der Waals surface area contributed by atoms with E-state index in [4.69, 9.17) is 4.74 Å². The molecule has 5 heteroatoms. The summed E-state index contributed by atoms with van der Waals surface area (Å²) in [6.45, 7) is 8.02. The molecule has 3 saturated carbocycles. The third-order valence-corrected chi connectivity index (χ3v) is 9.07. The van der Waals surface area contributed by atoms with E-state index >= 15 is 4.39 Å². The number of fused-ring (bicyclic) bond motifs is 5. The molecule has 2 N–H and O–H groups in total. The fourth-order valence-electron chi connectivity index (χ4n) is 7.51. The van der Waals surface area contributed by atoms with Gasteiger partial charge < -0.3 is 14.9 Å². The van der Waals surface area contributed by atoms with Crippen molar-refractivity contribution in [3.05, 3.63) is 66.5 Å². The molecule has 170 valence electrons. The predicted molar refractivity (Wildman–Crippen MR) is 119 cm³/mol. The van der Waals surface area contributed by atoms with E-state index in [1.165, 1.54) is 12.2 Å². The van der Waals surface area contributed by atoms with Crippen LogP contribution in [0.25, 0.3) is 0 Å². The Bertz CT molecular complexity index is 1020. The minimum atomic E-state index is -1.32. The molecule has 5 rings (SSSR count). The lowest BCUT2D eigenvalue weighted by Gasteiger charge is -2.60. The van der Waals surface area contributed by atoms with Crippen LogP contribution in [-0.2, 0) is 4.79 Å². The number of allylic oxidation sites excluding steroid dienone is 4. The van der Waals surface area contributed by atoms with Crippen LogP contribution in [0.2, 0.25) is 0 Å². The first-order valence-electron chi connectivity index (χ1n) is 11.5. The minimum Gasteiger partial charge on any atom is -0.459 e. The molecular weight excluding hydrogens is 407 g/mol. The Balaban J connectivity index is 1.49. The summed E-state index contributed by atoms with van der Waals surface area (Å²) in [7, 11) is 0. The minimum absolute atomic E-state index is 0.0136. The van der Waals surface area contributed by atoms with Gasteiger partial charge in [0.2, 0.25) is 0 Å². The highest BCUT2D eigenvalue weighted by molar-refractivity contribution is 6.01. The molecule has 0 bridgehead atoms. The first-order valence-corrected chi connectivity index (χ1v) is 11.5. The summed E-state index contributed by atoms with van der Waals surface area (Å²) in [5.74, 6) is 0.388. The summed E-state index contributed by atoms with van der Waals surface area (Å²) < 4.78 is 21.4. The maximum Gasteiger partial charge on any atom is 0.178 e. The Morgan fingerprint density at radius 3 is 2.69 bits per heavy atom. The number of carbonyl (C=O) groups excluding carboxylic acids is 1. The number of ether oxygens (including phenoxy) is 1. The zero-order chi connectivity index (χ0) is 22.9. The normalized spacial score (nSPS) is 44.8. The van der Waals surface area contributed by atoms with Gasteiger partial charge in [0.1, 0.15) is 23.3 Å². The van der Waals surface area contributed by atoms with Crippen molar-refractivity contribution in [2.75, 3.05) is 0 Å². The van der Waals surface area contributed by atoms with Crippen molar-refractivity contribution in [2.45, 2.75) is 57.4 Å². The number of carbonyl (C=O) groups is 1. The number of halogens is 1. The molecule has 3 fully saturated rings. The number of alkyl halides is 1. The van der Waals surface area contributed by atoms with Crippen LogP contribution in [0, 0.1) is 28.6 Å². The standard InChI is InChI=1S/C27H31FO4/c1-16(32-18-7-5-4-6-8-18)27(31)12-10-20-19-14-22(28)21-13-17(29)9-11-25(21,2)24(19)23(30)15-26(20,27)3/h4-9,11,13,19-20,22-24,30-31H,1,10,12,14-15H2,2-3H3/t19-,20-,22?,23?,24+,25-,26-,27-/m0/s1. The molecule has 4 nitrogen and oxygen atoms in total. The van der Waals surface area contributed by atoms with Crippen molar-refractivity contribution >= 4 is 5.78 Å². The summed E-state index contributed by atoms with van der Waals surface area (Å²) in [6, 6.07) is 9.24. The second-order valence-electron chi connectivity index (χ2n) is 10.5. The Morgan fingerprint density at radius 2 is 1.97 bits per heavy atom. The van der Waals surface area contributed by atoms with Gasteiger partial charge >= 0.3 is 0 Å². The average molecular weight is 439 g/mol. The molecular formula is C27H31FO4. The quantitative estimate of drug-likeness (QED) is 0.680. The number of aliphatic hydroxyl groups excluding tert-OH is 1. The fourth-order valence-corrected chi connectivity index (χ4v) is 7.51. The molecule has 0 radical (unpaired) electrons. The maximum absolute atomic E-state index is 15.4. The van der Waals surface area contributed by atoms with Gasteiger partial charge in [-0.3, -0.25) is 4.79 Å². The van der Waals surface area contributed by atoms with E-state index in [0.29, 0.717) is 30.6 Å². The van der Waals surface area contributed by atoms with Crippen LogP contribution in [-0.4, -0.2) is 33.9 Å². The van der Waals surface area contributed by atoms with E-state index in [-0.39, 0.29) is 35.7 Å². The maximum atomic E-state index is 15.4. The van der Waals surface area contributed by atoms with Gasteiger partial charge in [-0.15, -0.1) is 0 Å². The molecule has 0 amide bonds. The first kappa shape index (κ1) is 21.6. The topological polar surface area (TPSA) is 66.8 Å². The van der Waals surface area contributed by atoms with Crippen molar-refractivity contribution in [2.24, 2.45) is 28.6 Å². The van der Waals surface area contributed by atoms with Crippen molar-refractivity contribution in [1.29, 1.82) is 0 Å². The fraction of sp³-hybridized carbons (Fsp3) is 0.519. The number of hydrogen-bond donors (Lipinski definition) is 2. The smallest absolute Gasteiger partial charge is 0.178 e. The Labute approximate surface area is 188 Å². The molecule has 0 heterocycles. The van der Waals surface area contributed by atoms with Crippen LogP contribution in [0.5, 0.6) is 5.75 Å².